The molecule has 1 amide bonds. The fraction of sp³-hybridized carbons (Fsp3) is 0.529. The molecule has 2 atom stereocenters. The summed E-state index contributed by atoms with van der Waals surface area (Å²) in [6, 6.07) is 8.17. The molecule has 0 heterocycles. The minimum atomic E-state index is -3.47. The Kier molecular flexibility index (Phi) is 6.21. The predicted octanol–water partition coefficient (Wildman–Crippen LogP) is 1.92. The van der Waals surface area contributed by atoms with Gasteiger partial charge in [-0.1, -0.05) is 12.8 Å². The summed E-state index contributed by atoms with van der Waals surface area (Å²) in [5, 5.41) is 11.1. The molecule has 1 aliphatic carbocycles. The van der Waals surface area contributed by atoms with Gasteiger partial charge in [-0.15, -0.1) is 0 Å². The lowest BCUT2D eigenvalue weighted by Crippen LogP contribution is -2.39. The fourth-order valence-electron chi connectivity index (χ4n) is 3.17. The molecule has 1 saturated carbocycles. The highest BCUT2D eigenvalue weighted by Crippen LogP contribution is 2.33. The number of nitriles is 1. The largest absolute Gasteiger partial charge is 0.497 e. The first-order valence-electron chi connectivity index (χ1n) is 7.99. The zero-order chi connectivity index (χ0) is 17.6. The number of nitrogens with one attached hydrogen (secondary N) is 1. The van der Waals surface area contributed by atoms with Crippen LogP contribution in [0.5, 0.6) is 5.75 Å². The maximum Gasteiger partial charge on any atom is 0.224 e. The SMILES string of the molecule is COc1ccc(S(=O)(=O)C[C@@H]2CCCC[C@H]2C(=O)NCC#N)cc1. The zero-order valence-electron chi connectivity index (χ0n) is 13.7. The number of ether oxygens (including phenoxy) is 1. The molecule has 0 saturated heterocycles. The van der Waals surface area contributed by atoms with Crippen LogP contribution in [-0.2, 0) is 14.6 Å². The average molecular weight is 350 g/mol. The Balaban J connectivity index is 2.13. The van der Waals surface area contributed by atoms with E-state index in [1.54, 1.807) is 12.1 Å². The molecule has 6 nitrogen and oxygen atoms in total. The Morgan fingerprint density at radius 2 is 1.96 bits per heavy atom. The maximum atomic E-state index is 12.7. The first kappa shape index (κ1) is 18.3. The van der Waals surface area contributed by atoms with Gasteiger partial charge in [0.15, 0.2) is 9.84 Å². The standard InChI is InChI=1S/C17H22N2O4S/c1-23-14-6-8-15(9-7-14)24(21,22)12-13-4-2-3-5-16(13)17(20)19-11-10-18/h6-9,13,16H,2-5,11-12H2,1H3,(H,19,20)/t13-,16+/m0/s1. The molecule has 1 N–H and O–H groups in total. The maximum absolute atomic E-state index is 12.7. The van der Waals surface area contributed by atoms with E-state index in [1.807, 2.05) is 6.07 Å². The lowest BCUT2D eigenvalue weighted by molar-refractivity contribution is -0.127. The molecule has 24 heavy (non-hydrogen) atoms. The zero-order valence-corrected chi connectivity index (χ0v) is 14.5. The van der Waals surface area contributed by atoms with Gasteiger partial charge in [-0.3, -0.25) is 4.79 Å². The van der Waals surface area contributed by atoms with Crippen molar-refractivity contribution in [2.45, 2.75) is 30.6 Å². The second kappa shape index (κ2) is 8.15. The number of hydrogen-bond acceptors (Lipinski definition) is 5. The van der Waals surface area contributed by atoms with Gasteiger partial charge in [0.1, 0.15) is 12.3 Å². The van der Waals surface area contributed by atoms with Crippen LogP contribution in [0.15, 0.2) is 29.2 Å². The molecule has 0 unspecified atom stereocenters. The van der Waals surface area contributed by atoms with Gasteiger partial charge in [-0.2, -0.15) is 5.26 Å². The number of rotatable bonds is 6. The van der Waals surface area contributed by atoms with Crippen LogP contribution in [0.1, 0.15) is 25.7 Å². The normalized spacial score (nSPS) is 20.8. The van der Waals surface area contributed by atoms with Gasteiger partial charge in [-0.05, 0) is 43.0 Å². The van der Waals surface area contributed by atoms with Gasteiger partial charge < -0.3 is 10.1 Å². The van der Waals surface area contributed by atoms with E-state index in [9.17, 15) is 13.2 Å². The van der Waals surface area contributed by atoms with Crippen LogP contribution < -0.4 is 10.1 Å². The first-order chi connectivity index (χ1) is 11.5. The molecule has 0 bridgehead atoms. The van der Waals surface area contributed by atoms with E-state index < -0.39 is 9.84 Å². The second-order valence-corrected chi connectivity index (χ2v) is 8.02. The van der Waals surface area contributed by atoms with Crippen molar-refractivity contribution in [1.29, 1.82) is 5.26 Å². The summed E-state index contributed by atoms with van der Waals surface area (Å²) in [7, 11) is -1.95. The average Bonchev–Trinajstić information content (AvgIpc) is 2.60. The number of sulfone groups is 1. The van der Waals surface area contributed by atoms with E-state index in [1.165, 1.54) is 19.2 Å². The summed E-state index contributed by atoms with van der Waals surface area (Å²) in [4.78, 5) is 12.4. The van der Waals surface area contributed by atoms with Gasteiger partial charge in [0, 0.05) is 5.92 Å². The van der Waals surface area contributed by atoms with Gasteiger partial charge in [0.2, 0.25) is 5.91 Å². The van der Waals surface area contributed by atoms with Crippen LogP contribution in [0.3, 0.4) is 0 Å². The van der Waals surface area contributed by atoms with Gasteiger partial charge in [-0.25, -0.2) is 8.42 Å². The van der Waals surface area contributed by atoms with Crippen molar-refractivity contribution in [3.63, 3.8) is 0 Å². The summed E-state index contributed by atoms with van der Waals surface area (Å²) in [5.74, 6) is -0.236. The minimum absolute atomic E-state index is 0.0483. The molecule has 0 radical (unpaired) electrons. The van der Waals surface area contributed by atoms with Crippen LogP contribution >= 0.6 is 0 Å². The number of nitrogens with zero attached hydrogens (tertiary/aromatic N) is 1. The van der Waals surface area contributed by atoms with Crippen LogP contribution in [0.4, 0.5) is 0 Å². The molecular weight excluding hydrogens is 328 g/mol. The fourth-order valence-corrected chi connectivity index (χ4v) is 4.88. The number of carbonyl (C=O) groups is 1. The van der Waals surface area contributed by atoms with E-state index in [2.05, 4.69) is 5.32 Å². The molecule has 0 aromatic heterocycles. The molecule has 130 valence electrons. The number of hydrogen-bond donors (Lipinski definition) is 1. The highest BCUT2D eigenvalue weighted by atomic mass is 32.2. The van der Waals surface area contributed by atoms with Crippen molar-refractivity contribution in [3.8, 4) is 11.8 Å². The molecule has 1 aliphatic rings. The molecule has 1 aromatic rings. The van der Waals surface area contributed by atoms with Crippen LogP contribution in [0, 0.1) is 23.2 Å². The summed E-state index contributed by atoms with van der Waals surface area (Å²) >= 11 is 0. The third kappa shape index (κ3) is 4.48. The van der Waals surface area contributed by atoms with Crippen LogP contribution in [0.25, 0.3) is 0 Å². The van der Waals surface area contributed by atoms with Crippen molar-refractivity contribution < 1.29 is 17.9 Å². The van der Waals surface area contributed by atoms with Gasteiger partial charge in [0.05, 0.1) is 23.8 Å². The van der Waals surface area contributed by atoms with E-state index in [-0.39, 0.29) is 34.9 Å². The summed E-state index contributed by atoms with van der Waals surface area (Å²) in [6.07, 6.45) is 3.20. The Morgan fingerprint density at radius 3 is 2.58 bits per heavy atom. The number of carbonyl (C=O) groups excluding carboxylic acids is 1. The van der Waals surface area contributed by atoms with Crippen molar-refractivity contribution in [3.05, 3.63) is 24.3 Å². The molecule has 7 heteroatoms. The highest BCUT2D eigenvalue weighted by molar-refractivity contribution is 7.91. The van der Waals surface area contributed by atoms with E-state index in [0.717, 1.165) is 12.8 Å². The smallest absolute Gasteiger partial charge is 0.224 e. The van der Waals surface area contributed by atoms with Crippen molar-refractivity contribution in [2.75, 3.05) is 19.4 Å². The quantitative estimate of drug-likeness (QED) is 0.791. The molecule has 0 spiro atoms. The highest BCUT2D eigenvalue weighted by Gasteiger charge is 2.34. The number of benzene rings is 1. The Morgan fingerprint density at radius 1 is 1.29 bits per heavy atom. The minimum Gasteiger partial charge on any atom is -0.497 e. The third-order valence-corrected chi connectivity index (χ3v) is 6.30. The molecule has 0 aliphatic heterocycles. The summed E-state index contributed by atoms with van der Waals surface area (Å²) < 4.78 is 30.4. The molecule has 2 rings (SSSR count). The van der Waals surface area contributed by atoms with Crippen LogP contribution in [0.2, 0.25) is 0 Å². The van der Waals surface area contributed by atoms with Crippen molar-refractivity contribution in [1.82, 2.24) is 5.32 Å². The molecular formula is C17H22N2O4S. The molecule has 1 fully saturated rings. The van der Waals surface area contributed by atoms with E-state index >= 15 is 0 Å². The number of amides is 1. The monoisotopic (exact) mass is 350 g/mol. The van der Waals surface area contributed by atoms with E-state index in [0.29, 0.717) is 18.6 Å². The van der Waals surface area contributed by atoms with Crippen molar-refractivity contribution >= 4 is 15.7 Å². The lowest BCUT2D eigenvalue weighted by Gasteiger charge is -2.30. The summed E-state index contributed by atoms with van der Waals surface area (Å²) in [5.41, 5.74) is 0. The Hall–Kier alpha value is -2.07. The Labute approximate surface area is 142 Å². The lowest BCUT2D eigenvalue weighted by atomic mass is 9.80. The van der Waals surface area contributed by atoms with Gasteiger partial charge >= 0.3 is 0 Å². The third-order valence-electron chi connectivity index (χ3n) is 4.44. The predicted molar refractivity (Wildman–Crippen MR) is 89.1 cm³/mol. The number of methoxy groups -OCH3 is 1. The summed E-state index contributed by atoms with van der Waals surface area (Å²) in [6.45, 7) is -0.0483. The Bertz CT molecular complexity index is 707. The molecule has 1 aromatic carbocycles. The van der Waals surface area contributed by atoms with Gasteiger partial charge in [0.25, 0.3) is 0 Å². The van der Waals surface area contributed by atoms with E-state index in [4.69, 9.17) is 10.00 Å². The topological polar surface area (TPSA) is 96.3 Å². The van der Waals surface area contributed by atoms with Crippen molar-refractivity contribution in [2.24, 2.45) is 11.8 Å². The first-order valence-corrected chi connectivity index (χ1v) is 9.64. The second-order valence-electron chi connectivity index (χ2n) is 5.98. The van der Waals surface area contributed by atoms with Crippen LogP contribution in [-0.4, -0.2) is 33.7 Å².